The molecular weight excluding hydrogens is 326 g/mol. The summed E-state index contributed by atoms with van der Waals surface area (Å²) in [5.41, 5.74) is 3.48. The Hall–Kier alpha value is -2.33. The lowest BCUT2D eigenvalue weighted by Gasteiger charge is -2.39. The molecule has 0 radical (unpaired) electrons. The van der Waals surface area contributed by atoms with E-state index in [-0.39, 0.29) is 6.04 Å². The van der Waals surface area contributed by atoms with E-state index in [2.05, 4.69) is 42.2 Å². The number of piperidine rings is 1. The van der Waals surface area contributed by atoms with Crippen LogP contribution in [0.1, 0.15) is 48.9 Å². The zero-order chi connectivity index (χ0) is 18.5. The number of likely N-dealkylation sites (tertiary alicyclic amines) is 1. The van der Waals surface area contributed by atoms with Crippen LogP contribution in [0, 0.1) is 0 Å². The Morgan fingerprint density at radius 3 is 2.62 bits per heavy atom. The van der Waals surface area contributed by atoms with Crippen molar-refractivity contribution in [2.24, 2.45) is 0 Å². The average Bonchev–Trinajstić information content (AvgIpc) is 2.69. The smallest absolute Gasteiger partial charge is 0.320 e. The fourth-order valence-electron chi connectivity index (χ4n) is 3.85. The van der Waals surface area contributed by atoms with E-state index in [1.165, 1.54) is 5.56 Å². The minimum Gasteiger partial charge on any atom is -0.497 e. The van der Waals surface area contributed by atoms with Crippen molar-refractivity contribution in [2.75, 3.05) is 13.7 Å². The van der Waals surface area contributed by atoms with E-state index >= 15 is 0 Å². The number of aliphatic carboxylic acids is 1. The van der Waals surface area contributed by atoms with Crippen molar-refractivity contribution >= 4 is 5.97 Å². The number of methoxy groups -OCH3 is 1. The predicted octanol–water partition coefficient (Wildman–Crippen LogP) is 4.29. The summed E-state index contributed by atoms with van der Waals surface area (Å²) in [5, 5.41) is 9.77. The number of aryl methyl sites for hydroxylation is 1. The van der Waals surface area contributed by atoms with Crippen LogP contribution in [0.2, 0.25) is 0 Å². The van der Waals surface area contributed by atoms with Crippen molar-refractivity contribution in [2.45, 2.75) is 44.7 Å². The quantitative estimate of drug-likeness (QED) is 0.842. The van der Waals surface area contributed by atoms with Crippen molar-refractivity contribution in [3.63, 3.8) is 0 Å². The Balaban J connectivity index is 2.06. The van der Waals surface area contributed by atoms with Crippen LogP contribution in [-0.4, -0.2) is 35.7 Å². The third-order valence-electron chi connectivity index (χ3n) is 5.27. The maximum Gasteiger partial charge on any atom is 0.320 e. The number of carbonyl (C=O) groups is 1. The molecule has 1 saturated heterocycles. The standard InChI is InChI=1S/C22H27NO3/c1-3-16-10-12-17(13-11-16)21(18-7-6-8-19(15-18)26-2)23-14-5-4-9-20(23)22(24)25/h6-8,10-13,15,20-21H,3-5,9,14H2,1-2H3,(H,24,25). The first-order chi connectivity index (χ1) is 12.6. The van der Waals surface area contributed by atoms with E-state index in [1.807, 2.05) is 18.2 Å². The largest absolute Gasteiger partial charge is 0.497 e. The zero-order valence-corrected chi connectivity index (χ0v) is 15.5. The van der Waals surface area contributed by atoms with Gasteiger partial charge in [-0.3, -0.25) is 9.69 Å². The van der Waals surface area contributed by atoms with Crippen LogP contribution in [0.3, 0.4) is 0 Å². The topological polar surface area (TPSA) is 49.8 Å². The third-order valence-corrected chi connectivity index (χ3v) is 5.27. The van der Waals surface area contributed by atoms with Crippen LogP contribution >= 0.6 is 0 Å². The predicted molar refractivity (Wildman–Crippen MR) is 103 cm³/mol. The van der Waals surface area contributed by atoms with Crippen molar-refractivity contribution < 1.29 is 14.6 Å². The van der Waals surface area contributed by atoms with Crippen molar-refractivity contribution in [3.05, 3.63) is 65.2 Å². The summed E-state index contributed by atoms with van der Waals surface area (Å²) in [7, 11) is 1.66. The molecule has 2 atom stereocenters. The molecule has 3 rings (SSSR count). The molecule has 1 aliphatic rings. The van der Waals surface area contributed by atoms with Crippen molar-refractivity contribution in [3.8, 4) is 5.75 Å². The Kier molecular flexibility index (Phi) is 5.94. The number of hydrogen-bond acceptors (Lipinski definition) is 3. The highest BCUT2D eigenvalue weighted by molar-refractivity contribution is 5.73. The molecule has 1 aliphatic heterocycles. The van der Waals surface area contributed by atoms with Gasteiger partial charge in [0.25, 0.3) is 0 Å². The molecular formula is C22H27NO3. The Bertz CT molecular complexity index is 741. The first-order valence-electron chi connectivity index (χ1n) is 9.35. The molecule has 2 unspecified atom stereocenters. The van der Waals surface area contributed by atoms with Gasteiger partial charge < -0.3 is 9.84 Å². The number of carboxylic acid groups (broad SMARTS) is 1. The summed E-state index contributed by atoms with van der Waals surface area (Å²) >= 11 is 0. The van der Waals surface area contributed by atoms with E-state index in [4.69, 9.17) is 4.74 Å². The number of carboxylic acids is 1. The Morgan fingerprint density at radius 2 is 1.96 bits per heavy atom. The maximum absolute atomic E-state index is 11.9. The SMILES string of the molecule is CCc1ccc(C(c2cccc(OC)c2)N2CCCCC2C(=O)O)cc1. The van der Waals surface area contributed by atoms with Gasteiger partial charge in [0, 0.05) is 0 Å². The molecule has 2 aromatic carbocycles. The van der Waals surface area contributed by atoms with Crippen LogP contribution in [0.4, 0.5) is 0 Å². The second kappa shape index (κ2) is 8.37. The van der Waals surface area contributed by atoms with Crippen LogP contribution in [0.15, 0.2) is 48.5 Å². The third kappa shape index (κ3) is 3.91. The lowest BCUT2D eigenvalue weighted by Crippen LogP contribution is -2.46. The minimum atomic E-state index is -0.734. The lowest BCUT2D eigenvalue weighted by molar-refractivity contribution is -0.145. The molecule has 138 valence electrons. The molecule has 26 heavy (non-hydrogen) atoms. The van der Waals surface area contributed by atoms with E-state index in [0.717, 1.165) is 42.7 Å². The summed E-state index contributed by atoms with van der Waals surface area (Å²) in [6, 6.07) is 16.0. The summed E-state index contributed by atoms with van der Waals surface area (Å²) < 4.78 is 5.40. The molecule has 0 amide bonds. The van der Waals surface area contributed by atoms with Crippen LogP contribution in [0.25, 0.3) is 0 Å². The molecule has 1 N–H and O–H groups in total. The highest BCUT2D eigenvalue weighted by atomic mass is 16.5. The summed E-state index contributed by atoms with van der Waals surface area (Å²) in [6.45, 7) is 2.92. The molecule has 4 nitrogen and oxygen atoms in total. The minimum absolute atomic E-state index is 0.0857. The second-order valence-electron chi connectivity index (χ2n) is 6.86. The molecule has 0 aromatic heterocycles. The van der Waals surface area contributed by atoms with Gasteiger partial charge in [0.2, 0.25) is 0 Å². The second-order valence-corrected chi connectivity index (χ2v) is 6.86. The van der Waals surface area contributed by atoms with Gasteiger partial charge in [-0.2, -0.15) is 0 Å². The number of nitrogens with zero attached hydrogens (tertiary/aromatic N) is 1. The fourth-order valence-corrected chi connectivity index (χ4v) is 3.85. The van der Waals surface area contributed by atoms with E-state index in [0.29, 0.717) is 6.42 Å². The van der Waals surface area contributed by atoms with Gasteiger partial charge >= 0.3 is 5.97 Å². The molecule has 2 aromatic rings. The van der Waals surface area contributed by atoms with Crippen LogP contribution in [0.5, 0.6) is 5.75 Å². The highest BCUT2D eigenvalue weighted by Crippen LogP contribution is 2.35. The number of hydrogen-bond donors (Lipinski definition) is 1. The maximum atomic E-state index is 11.9. The van der Waals surface area contributed by atoms with Gasteiger partial charge in [-0.05, 0) is 54.6 Å². The monoisotopic (exact) mass is 353 g/mol. The molecule has 0 spiro atoms. The first-order valence-corrected chi connectivity index (χ1v) is 9.35. The average molecular weight is 353 g/mol. The van der Waals surface area contributed by atoms with Gasteiger partial charge in [0.15, 0.2) is 0 Å². The van der Waals surface area contributed by atoms with E-state index < -0.39 is 12.0 Å². The van der Waals surface area contributed by atoms with Crippen molar-refractivity contribution in [1.82, 2.24) is 4.90 Å². The summed E-state index contributed by atoms with van der Waals surface area (Å²) in [6.07, 6.45) is 3.68. The highest BCUT2D eigenvalue weighted by Gasteiger charge is 2.35. The summed E-state index contributed by atoms with van der Waals surface area (Å²) in [4.78, 5) is 14.0. The van der Waals surface area contributed by atoms with Gasteiger partial charge in [-0.25, -0.2) is 0 Å². The van der Waals surface area contributed by atoms with Gasteiger partial charge in [-0.1, -0.05) is 49.7 Å². The number of benzene rings is 2. The normalized spacial score (nSPS) is 19.1. The molecule has 4 heteroatoms. The molecule has 0 aliphatic carbocycles. The van der Waals surface area contributed by atoms with Crippen molar-refractivity contribution in [1.29, 1.82) is 0 Å². The fraction of sp³-hybridized carbons (Fsp3) is 0.409. The van der Waals surface area contributed by atoms with Gasteiger partial charge in [0.1, 0.15) is 11.8 Å². The van der Waals surface area contributed by atoms with Gasteiger partial charge in [0.05, 0.1) is 13.2 Å². The molecule has 0 bridgehead atoms. The lowest BCUT2D eigenvalue weighted by atomic mass is 9.91. The Labute approximate surface area is 155 Å². The molecule has 1 fully saturated rings. The molecule has 1 heterocycles. The van der Waals surface area contributed by atoms with Gasteiger partial charge in [-0.15, -0.1) is 0 Å². The van der Waals surface area contributed by atoms with E-state index in [9.17, 15) is 9.90 Å². The first kappa shape index (κ1) is 18.5. The summed E-state index contributed by atoms with van der Waals surface area (Å²) in [5.74, 6) is 0.0596. The molecule has 0 saturated carbocycles. The van der Waals surface area contributed by atoms with Crippen LogP contribution in [-0.2, 0) is 11.2 Å². The van der Waals surface area contributed by atoms with Crippen LogP contribution < -0.4 is 4.74 Å². The van der Waals surface area contributed by atoms with E-state index in [1.54, 1.807) is 7.11 Å². The number of rotatable bonds is 6. The Morgan fingerprint density at radius 1 is 1.19 bits per heavy atom. The zero-order valence-electron chi connectivity index (χ0n) is 15.5. The number of ether oxygens (including phenoxy) is 1.